The molecule has 0 saturated heterocycles. The lowest BCUT2D eigenvalue weighted by molar-refractivity contribution is -0.116. The molecule has 9 heteroatoms. The van der Waals surface area contributed by atoms with Gasteiger partial charge < -0.3 is 14.6 Å². The molecule has 0 spiro atoms. The van der Waals surface area contributed by atoms with Gasteiger partial charge in [-0.15, -0.1) is 0 Å². The second-order valence-electron chi connectivity index (χ2n) is 6.37. The number of rotatable bonds is 7. The average Bonchev–Trinajstić information content (AvgIpc) is 3.14. The largest absolute Gasteiger partial charge is 0.495 e. The van der Waals surface area contributed by atoms with Crippen LogP contribution in [-0.2, 0) is 14.8 Å². The van der Waals surface area contributed by atoms with Crippen molar-refractivity contribution in [2.24, 2.45) is 0 Å². The lowest BCUT2D eigenvalue weighted by atomic mass is 10.2. The van der Waals surface area contributed by atoms with E-state index in [9.17, 15) is 13.2 Å². The van der Waals surface area contributed by atoms with E-state index in [0.717, 1.165) is 10.00 Å². The molecule has 0 atom stereocenters. The maximum absolute atomic E-state index is 12.8. The number of benzene rings is 2. The Labute approximate surface area is 169 Å². The first kappa shape index (κ1) is 20.6. The average molecular weight is 415 g/mol. The van der Waals surface area contributed by atoms with Crippen molar-refractivity contribution in [1.82, 2.24) is 9.46 Å². The lowest BCUT2D eigenvalue weighted by Crippen LogP contribution is -2.35. The summed E-state index contributed by atoms with van der Waals surface area (Å²) >= 11 is 0. The second-order valence-corrected chi connectivity index (χ2v) is 8.41. The highest BCUT2D eigenvalue weighted by Crippen LogP contribution is 2.24. The summed E-state index contributed by atoms with van der Waals surface area (Å²) in [6, 6.07) is 14.9. The Hall–Kier alpha value is -3.17. The maximum Gasteiger partial charge on any atom is 0.243 e. The number of hydrogen-bond acceptors (Lipinski definition) is 6. The van der Waals surface area contributed by atoms with Crippen molar-refractivity contribution in [3.8, 4) is 17.1 Å². The van der Waals surface area contributed by atoms with Gasteiger partial charge in [-0.1, -0.05) is 17.3 Å². The first-order valence-corrected chi connectivity index (χ1v) is 10.2. The molecule has 0 radical (unpaired) electrons. The Morgan fingerprint density at radius 1 is 1.17 bits per heavy atom. The molecule has 0 unspecified atom stereocenters. The van der Waals surface area contributed by atoms with Gasteiger partial charge in [-0.05, 0) is 43.3 Å². The molecule has 0 aliphatic heterocycles. The predicted molar refractivity (Wildman–Crippen MR) is 108 cm³/mol. The molecule has 8 nitrogen and oxygen atoms in total. The number of ether oxygens (including phenoxy) is 1. The van der Waals surface area contributed by atoms with Crippen molar-refractivity contribution >= 4 is 21.6 Å². The molecular formula is C20H21N3O5S. The van der Waals surface area contributed by atoms with Crippen molar-refractivity contribution in [3.63, 3.8) is 0 Å². The molecule has 1 aromatic heterocycles. The standard InChI is InChI=1S/C20H21N3O5S/c1-14-12-19(28-22-14)15-8-10-16(11-9-15)29(25,26)23(2)13-20(24)21-17-6-4-5-7-18(17)27-3/h4-12H,13H2,1-3H3,(H,21,24). The van der Waals surface area contributed by atoms with E-state index in [0.29, 0.717) is 22.8 Å². The summed E-state index contributed by atoms with van der Waals surface area (Å²) in [4.78, 5) is 12.4. The lowest BCUT2D eigenvalue weighted by Gasteiger charge is -2.17. The fourth-order valence-corrected chi connectivity index (χ4v) is 3.82. The minimum absolute atomic E-state index is 0.0741. The van der Waals surface area contributed by atoms with Gasteiger partial charge in [0, 0.05) is 18.7 Å². The molecule has 2 aromatic carbocycles. The molecule has 0 bridgehead atoms. The van der Waals surface area contributed by atoms with E-state index in [1.54, 1.807) is 49.4 Å². The van der Waals surface area contributed by atoms with Gasteiger partial charge in [-0.25, -0.2) is 8.42 Å². The van der Waals surface area contributed by atoms with E-state index in [1.165, 1.54) is 26.3 Å². The first-order chi connectivity index (χ1) is 13.8. The zero-order valence-electron chi connectivity index (χ0n) is 16.2. The Bertz CT molecular complexity index is 1110. The van der Waals surface area contributed by atoms with Crippen molar-refractivity contribution in [3.05, 3.63) is 60.3 Å². The molecular weight excluding hydrogens is 394 g/mol. The molecule has 1 N–H and O–H groups in total. The number of hydrogen-bond donors (Lipinski definition) is 1. The van der Waals surface area contributed by atoms with Crippen LogP contribution < -0.4 is 10.1 Å². The number of anilines is 1. The van der Waals surface area contributed by atoms with Crippen molar-refractivity contribution in [2.45, 2.75) is 11.8 Å². The molecule has 0 aliphatic carbocycles. The first-order valence-electron chi connectivity index (χ1n) is 8.74. The van der Waals surface area contributed by atoms with E-state index in [1.807, 2.05) is 0 Å². The zero-order valence-corrected chi connectivity index (χ0v) is 17.1. The van der Waals surface area contributed by atoms with Gasteiger partial charge in [0.05, 0.1) is 29.9 Å². The van der Waals surface area contributed by atoms with Gasteiger partial charge in [0.2, 0.25) is 15.9 Å². The van der Waals surface area contributed by atoms with Crippen LogP contribution in [0.15, 0.2) is 64.0 Å². The minimum Gasteiger partial charge on any atom is -0.495 e. The SMILES string of the molecule is COc1ccccc1NC(=O)CN(C)S(=O)(=O)c1ccc(-c2cc(C)no2)cc1. The van der Waals surface area contributed by atoms with Crippen LogP contribution in [0, 0.1) is 6.92 Å². The van der Waals surface area contributed by atoms with Crippen LogP contribution in [0.3, 0.4) is 0 Å². The van der Waals surface area contributed by atoms with Crippen molar-refractivity contribution in [1.29, 1.82) is 0 Å². The number of amides is 1. The summed E-state index contributed by atoms with van der Waals surface area (Å²) in [7, 11) is -0.997. The number of para-hydroxylation sites is 2. The van der Waals surface area contributed by atoms with Gasteiger partial charge in [0.15, 0.2) is 5.76 Å². The summed E-state index contributed by atoms with van der Waals surface area (Å²) in [5.74, 6) is 0.565. The van der Waals surface area contributed by atoms with Crippen LogP contribution in [0.5, 0.6) is 5.75 Å². The van der Waals surface area contributed by atoms with E-state index in [4.69, 9.17) is 9.26 Å². The van der Waals surface area contributed by atoms with Gasteiger partial charge in [-0.2, -0.15) is 4.31 Å². The van der Waals surface area contributed by atoms with E-state index in [-0.39, 0.29) is 11.4 Å². The van der Waals surface area contributed by atoms with E-state index < -0.39 is 15.9 Å². The summed E-state index contributed by atoms with van der Waals surface area (Å²) in [6.45, 7) is 1.46. The molecule has 3 rings (SSSR count). The number of carbonyl (C=O) groups is 1. The molecule has 1 amide bonds. The van der Waals surface area contributed by atoms with Crippen LogP contribution in [0.2, 0.25) is 0 Å². The Morgan fingerprint density at radius 2 is 1.86 bits per heavy atom. The summed E-state index contributed by atoms with van der Waals surface area (Å²) in [6.07, 6.45) is 0. The monoisotopic (exact) mass is 415 g/mol. The van der Waals surface area contributed by atoms with Gasteiger partial charge >= 0.3 is 0 Å². The normalized spacial score (nSPS) is 11.4. The fraction of sp³-hybridized carbons (Fsp3) is 0.200. The molecule has 0 aliphatic rings. The Morgan fingerprint density at radius 3 is 2.48 bits per heavy atom. The highest BCUT2D eigenvalue weighted by atomic mass is 32.2. The highest BCUT2D eigenvalue weighted by molar-refractivity contribution is 7.89. The van der Waals surface area contributed by atoms with Gasteiger partial charge in [0.25, 0.3) is 0 Å². The van der Waals surface area contributed by atoms with E-state index in [2.05, 4.69) is 10.5 Å². The van der Waals surface area contributed by atoms with Crippen LogP contribution in [0.4, 0.5) is 5.69 Å². The van der Waals surface area contributed by atoms with Crippen molar-refractivity contribution < 1.29 is 22.5 Å². The summed E-state index contributed by atoms with van der Waals surface area (Å²) in [5.41, 5.74) is 1.91. The smallest absolute Gasteiger partial charge is 0.243 e. The molecule has 1 heterocycles. The third-order valence-electron chi connectivity index (χ3n) is 4.22. The van der Waals surface area contributed by atoms with Crippen LogP contribution in [0.25, 0.3) is 11.3 Å². The van der Waals surface area contributed by atoms with Crippen molar-refractivity contribution in [2.75, 3.05) is 26.0 Å². The number of sulfonamides is 1. The maximum atomic E-state index is 12.8. The quantitative estimate of drug-likeness (QED) is 0.637. The summed E-state index contributed by atoms with van der Waals surface area (Å²) in [5, 5.41) is 6.48. The molecule has 0 fully saturated rings. The number of aryl methyl sites for hydroxylation is 1. The third-order valence-corrected chi connectivity index (χ3v) is 6.04. The number of methoxy groups -OCH3 is 1. The zero-order chi connectivity index (χ0) is 21.0. The number of nitrogens with one attached hydrogen (secondary N) is 1. The second kappa shape index (κ2) is 8.46. The molecule has 0 saturated carbocycles. The van der Waals surface area contributed by atoms with E-state index >= 15 is 0 Å². The minimum atomic E-state index is -3.84. The van der Waals surface area contributed by atoms with Crippen LogP contribution in [-0.4, -0.2) is 44.5 Å². The number of carbonyl (C=O) groups excluding carboxylic acids is 1. The highest BCUT2D eigenvalue weighted by Gasteiger charge is 2.23. The van der Waals surface area contributed by atoms with Crippen LogP contribution >= 0.6 is 0 Å². The fourth-order valence-electron chi connectivity index (χ4n) is 2.70. The summed E-state index contributed by atoms with van der Waals surface area (Å²) < 4.78 is 36.9. The Kier molecular flexibility index (Phi) is 6.00. The predicted octanol–water partition coefficient (Wildman–Crippen LogP) is 2.92. The number of likely N-dealkylation sites (N-methyl/N-ethyl adjacent to an activating group) is 1. The topological polar surface area (TPSA) is 102 Å². The number of aromatic nitrogens is 1. The van der Waals surface area contributed by atoms with Crippen LogP contribution in [0.1, 0.15) is 5.69 Å². The molecule has 152 valence electrons. The molecule has 29 heavy (non-hydrogen) atoms. The molecule has 3 aromatic rings. The Balaban J connectivity index is 1.70. The number of nitrogens with zero attached hydrogens (tertiary/aromatic N) is 2. The third kappa shape index (κ3) is 4.64. The van der Waals surface area contributed by atoms with Gasteiger partial charge in [0.1, 0.15) is 5.75 Å². The van der Waals surface area contributed by atoms with Gasteiger partial charge in [-0.3, -0.25) is 4.79 Å².